The lowest BCUT2D eigenvalue weighted by Crippen LogP contribution is -2.37. The number of hydrogen-bond acceptors (Lipinski definition) is 5. The predicted molar refractivity (Wildman–Crippen MR) is 115 cm³/mol. The number of rotatable bonds is 5. The van der Waals surface area contributed by atoms with Gasteiger partial charge in [-0.25, -0.2) is 9.19 Å². The predicted octanol–water partition coefficient (Wildman–Crippen LogP) is 2.60. The first kappa shape index (κ1) is 18.8. The molecule has 28 heavy (non-hydrogen) atoms. The summed E-state index contributed by atoms with van der Waals surface area (Å²) in [7, 11) is 2.20. The monoisotopic (exact) mass is 420 g/mol. The van der Waals surface area contributed by atoms with Crippen molar-refractivity contribution in [3.63, 3.8) is 0 Å². The van der Waals surface area contributed by atoms with Crippen molar-refractivity contribution < 1.29 is 4.21 Å². The summed E-state index contributed by atoms with van der Waals surface area (Å²) < 4.78 is 15.2. The molecule has 0 aliphatic carbocycles. The van der Waals surface area contributed by atoms with E-state index in [4.69, 9.17) is 11.6 Å². The summed E-state index contributed by atoms with van der Waals surface area (Å²) in [5.74, 6) is 0. The quantitative estimate of drug-likeness (QED) is 0.619. The number of hydrogen-bond donors (Lipinski definition) is 2. The van der Waals surface area contributed by atoms with Crippen LogP contribution in [0.3, 0.4) is 0 Å². The molecule has 1 aliphatic heterocycles. The van der Waals surface area contributed by atoms with Crippen LogP contribution in [0.1, 0.15) is 6.42 Å². The van der Waals surface area contributed by atoms with E-state index in [0.717, 1.165) is 30.2 Å². The highest BCUT2D eigenvalue weighted by atomic mass is 35.5. The lowest BCUT2D eigenvalue weighted by Gasteiger charge is -2.34. The maximum atomic E-state index is 12.5. The van der Waals surface area contributed by atoms with Crippen molar-refractivity contribution in [2.24, 2.45) is 7.05 Å². The van der Waals surface area contributed by atoms with Crippen LogP contribution < -0.4 is 20.1 Å². The Morgan fingerprint density at radius 2 is 2.04 bits per heavy atom. The van der Waals surface area contributed by atoms with Gasteiger partial charge in [-0.2, -0.15) is 0 Å². The highest BCUT2D eigenvalue weighted by Crippen LogP contribution is 2.36. The fraction of sp³-hybridized carbons (Fsp3) is 0.333. The Hall–Kier alpha value is -2.52. The third-order valence-electron chi connectivity index (χ3n) is 4.98. The average molecular weight is 421 g/mol. The molecule has 0 radical (unpaired) electrons. The van der Waals surface area contributed by atoms with Crippen LogP contribution in [0.15, 0.2) is 29.1 Å². The van der Waals surface area contributed by atoms with Gasteiger partial charge in [0.1, 0.15) is 21.5 Å². The van der Waals surface area contributed by atoms with Gasteiger partial charge in [0.25, 0.3) is 5.56 Å². The summed E-state index contributed by atoms with van der Waals surface area (Å²) in [4.78, 5) is 19.0. The maximum Gasteiger partial charge on any atom is 0.277 e. The van der Waals surface area contributed by atoms with E-state index in [2.05, 4.69) is 20.3 Å². The first-order valence-electron chi connectivity index (χ1n) is 8.83. The van der Waals surface area contributed by atoms with Crippen LogP contribution in [-0.2, 0) is 18.0 Å². The van der Waals surface area contributed by atoms with Gasteiger partial charge in [0.15, 0.2) is 5.65 Å². The minimum atomic E-state index is -1.20. The molecule has 4 rings (SSSR count). The molecule has 8 nitrogen and oxygen atoms in total. The Balaban J connectivity index is 1.82. The molecule has 1 unspecified atom stereocenters. The second kappa shape index (κ2) is 7.14. The van der Waals surface area contributed by atoms with Crippen molar-refractivity contribution in [3.8, 4) is 0 Å². The molecule has 0 amide bonds. The largest absolute Gasteiger partial charge is 0.371 e. The number of H-pyrrole nitrogens is 1. The zero-order chi connectivity index (χ0) is 20.0. The smallest absolute Gasteiger partial charge is 0.277 e. The zero-order valence-electron chi connectivity index (χ0n) is 15.8. The summed E-state index contributed by atoms with van der Waals surface area (Å²) >= 11 is 6.15. The SMILES string of the molecule is CN(c1cc(N2CCC2)ccc1Nc1cc(Cl)nc2[nH]n(C)c(=O)c12)S(C)=O. The number of halogens is 1. The molecule has 148 valence electrons. The third-order valence-corrected chi connectivity index (χ3v) is 6.14. The first-order chi connectivity index (χ1) is 13.3. The van der Waals surface area contributed by atoms with Crippen LogP contribution in [-0.4, -0.2) is 45.4 Å². The molecule has 1 aromatic carbocycles. The van der Waals surface area contributed by atoms with Crippen molar-refractivity contribution in [2.45, 2.75) is 6.42 Å². The Morgan fingerprint density at radius 3 is 2.68 bits per heavy atom. The van der Waals surface area contributed by atoms with E-state index in [9.17, 15) is 9.00 Å². The van der Waals surface area contributed by atoms with E-state index in [-0.39, 0.29) is 10.7 Å². The molecule has 1 atom stereocenters. The Labute approximate surface area is 169 Å². The number of aromatic amines is 1. The van der Waals surface area contributed by atoms with E-state index < -0.39 is 11.0 Å². The van der Waals surface area contributed by atoms with Crippen molar-refractivity contribution in [1.82, 2.24) is 14.8 Å². The minimum Gasteiger partial charge on any atom is -0.371 e. The van der Waals surface area contributed by atoms with Gasteiger partial charge >= 0.3 is 0 Å². The molecule has 0 saturated carbocycles. The lowest BCUT2D eigenvalue weighted by atomic mass is 10.1. The Kier molecular flexibility index (Phi) is 4.80. The van der Waals surface area contributed by atoms with Gasteiger partial charge in [-0.05, 0) is 30.7 Å². The standard InChI is InChI=1S/C18H21ClN6O2S/c1-23-18(26)16-13(10-15(19)21-17(16)22-23)20-12-6-5-11(25-7-4-8-25)9-14(12)24(2)28(3)27/h5-6,9-10H,4,7-8H2,1-3H3,(H2,20,21,22). The summed E-state index contributed by atoms with van der Waals surface area (Å²) in [6.07, 6.45) is 2.80. The van der Waals surface area contributed by atoms with Crippen LogP contribution >= 0.6 is 11.6 Å². The molecule has 0 bridgehead atoms. The van der Waals surface area contributed by atoms with Gasteiger partial charge in [0.2, 0.25) is 0 Å². The van der Waals surface area contributed by atoms with Crippen LogP contribution in [0.5, 0.6) is 0 Å². The highest BCUT2D eigenvalue weighted by molar-refractivity contribution is 7.85. The van der Waals surface area contributed by atoms with E-state index >= 15 is 0 Å². The van der Waals surface area contributed by atoms with Crippen LogP contribution in [0.4, 0.5) is 22.7 Å². The fourth-order valence-corrected chi connectivity index (χ4v) is 3.85. The van der Waals surface area contributed by atoms with Gasteiger partial charge in [0.05, 0.1) is 17.1 Å². The fourth-order valence-electron chi connectivity index (χ4n) is 3.23. The lowest BCUT2D eigenvalue weighted by molar-refractivity contribution is 0.618. The molecular weight excluding hydrogens is 400 g/mol. The molecule has 1 fully saturated rings. The van der Waals surface area contributed by atoms with E-state index in [1.165, 1.54) is 11.1 Å². The number of fused-ring (bicyclic) bond motifs is 1. The molecule has 3 aromatic rings. The summed E-state index contributed by atoms with van der Waals surface area (Å²) in [6.45, 7) is 2.04. The first-order valence-corrected chi connectivity index (χ1v) is 10.7. The molecule has 1 aliphatic rings. The average Bonchev–Trinajstić information content (AvgIpc) is 2.87. The normalized spacial score (nSPS) is 14.8. The van der Waals surface area contributed by atoms with Crippen molar-refractivity contribution in [3.05, 3.63) is 39.8 Å². The van der Waals surface area contributed by atoms with Crippen molar-refractivity contribution in [2.75, 3.05) is 40.9 Å². The molecule has 1 saturated heterocycles. The second-order valence-electron chi connectivity index (χ2n) is 6.78. The number of nitrogens with one attached hydrogen (secondary N) is 2. The van der Waals surface area contributed by atoms with Gasteiger partial charge < -0.3 is 10.2 Å². The maximum absolute atomic E-state index is 12.5. The van der Waals surface area contributed by atoms with Gasteiger partial charge in [-0.15, -0.1) is 0 Å². The second-order valence-corrected chi connectivity index (χ2v) is 8.56. The Morgan fingerprint density at radius 1 is 1.29 bits per heavy atom. The number of nitrogens with zero attached hydrogens (tertiary/aromatic N) is 4. The Bertz CT molecular complexity index is 1140. The molecule has 0 spiro atoms. The summed E-state index contributed by atoms with van der Waals surface area (Å²) in [5.41, 5.74) is 3.35. The number of aryl methyl sites for hydroxylation is 1. The van der Waals surface area contributed by atoms with Gasteiger partial charge in [-0.1, -0.05) is 11.6 Å². The zero-order valence-corrected chi connectivity index (χ0v) is 17.4. The van der Waals surface area contributed by atoms with Crippen molar-refractivity contribution >= 4 is 56.4 Å². The topological polar surface area (TPSA) is 86.3 Å². The molecular formula is C18H21ClN6O2S. The number of anilines is 4. The van der Waals surface area contributed by atoms with Gasteiger partial charge in [0, 0.05) is 39.1 Å². The van der Waals surface area contributed by atoms with Crippen LogP contribution in [0, 0.1) is 0 Å². The third kappa shape index (κ3) is 3.24. The number of pyridine rings is 1. The summed E-state index contributed by atoms with van der Waals surface area (Å²) in [6, 6.07) is 7.59. The van der Waals surface area contributed by atoms with Crippen LogP contribution in [0.25, 0.3) is 11.0 Å². The molecule has 2 N–H and O–H groups in total. The molecule has 3 heterocycles. The molecule has 2 aromatic heterocycles. The van der Waals surface area contributed by atoms with E-state index in [1.54, 1.807) is 30.7 Å². The summed E-state index contributed by atoms with van der Waals surface area (Å²) in [5, 5.41) is 6.88. The van der Waals surface area contributed by atoms with Crippen molar-refractivity contribution in [1.29, 1.82) is 0 Å². The van der Waals surface area contributed by atoms with E-state index in [0.29, 0.717) is 16.7 Å². The minimum absolute atomic E-state index is 0.201. The number of benzene rings is 1. The van der Waals surface area contributed by atoms with E-state index in [1.807, 2.05) is 18.2 Å². The van der Waals surface area contributed by atoms with Gasteiger partial charge in [-0.3, -0.25) is 18.9 Å². The molecule has 10 heteroatoms. The number of aromatic nitrogens is 3. The van der Waals surface area contributed by atoms with Crippen LogP contribution in [0.2, 0.25) is 5.15 Å². The highest BCUT2D eigenvalue weighted by Gasteiger charge is 2.20.